The summed E-state index contributed by atoms with van der Waals surface area (Å²) >= 11 is 1.32. The van der Waals surface area contributed by atoms with E-state index in [1.807, 2.05) is 26.0 Å². The average molecular weight is 364 g/mol. The number of thiazole rings is 1. The number of benzene rings is 1. The number of sulfone groups is 1. The smallest absolute Gasteiger partial charge is 0.263 e. The molecule has 0 saturated carbocycles. The molecule has 2 heterocycles. The summed E-state index contributed by atoms with van der Waals surface area (Å²) in [7, 11) is -3.06. The normalized spacial score (nSPS) is 22.5. The molecule has 2 aromatic rings. The molecule has 0 radical (unpaired) electrons. The van der Waals surface area contributed by atoms with Crippen molar-refractivity contribution < 1.29 is 13.2 Å². The van der Waals surface area contributed by atoms with Gasteiger partial charge in [-0.15, -0.1) is 11.3 Å². The first-order valence-corrected chi connectivity index (χ1v) is 10.4. The summed E-state index contributed by atoms with van der Waals surface area (Å²) < 4.78 is 23.3. The molecule has 7 heteroatoms. The standard InChI is InChI=1S/C17H20N2O3S2/c1-11-4-5-13(12(2)8-11)16-18-9-14(23-16)15(20)19-17(3)6-7-24(21,22)10-17/h4-5,8-9H,6-7,10H2,1-3H3,(H,19,20)/t17-/m0/s1. The van der Waals surface area contributed by atoms with Crippen LogP contribution in [0.2, 0.25) is 0 Å². The van der Waals surface area contributed by atoms with Gasteiger partial charge in [-0.1, -0.05) is 23.8 Å². The van der Waals surface area contributed by atoms with E-state index < -0.39 is 15.4 Å². The van der Waals surface area contributed by atoms with E-state index in [0.717, 1.165) is 16.1 Å². The van der Waals surface area contributed by atoms with E-state index in [-0.39, 0.29) is 17.4 Å². The lowest BCUT2D eigenvalue weighted by Gasteiger charge is -2.23. The highest BCUT2D eigenvalue weighted by Gasteiger charge is 2.39. The van der Waals surface area contributed by atoms with Gasteiger partial charge >= 0.3 is 0 Å². The molecule has 1 saturated heterocycles. The van der Waals surface area contributed by atoms with Crippen LogP contribution < -0.4 is 5.32 Å². The molecule has 24 heavy (non-hydrogen) atoms. The minimum Gasteiger partial charge on any atom is -0.345 e. The molecule has 1 fully saturated rings. The van der Waals surface area contributed by atoms with Crippen LogP contribution in [-0.2, 0) is 9.84 Å². The van der Waals surface area contributed by atoms with E-state index in [1.54, 1.807) is 13.1 Å². The third kappa shape index (κ3) is 3.52. The maximum Gasteiger partial charge on any atom is 0.263 e. The number of carbonyl (C=O) groups is 1. The summed E-state index contributed by atoms with van der Waals surface area (Å²) in [6.07, 6.45) is 2.01. The molecule has 0 aliphatic carbocycles. The van der Waals surface area contributed by atoms with Crippen molar-refractivity contribution in [3.63, 3.8) is 0 Å². The highest BCUT2D eigenvalue weighted by molar-refractivity contribution is 7.91. The van der Waals surface area contributed by atoms with Gasteiger partial charge in [-0.05, 0) is 32.8 Å². The van der Waals surface area contributed by atoms with Crippen LogP contribution in [0.1, 0.15) is 34.1 Å². The summed E-state index contributed by atoms with van der Waals surface area (Å²) in [5.41, 5.74) is 2.62. The van der Waals surface area contributed by atoms with Crippen molar-refractivity contribution in [3.8, 4) is 10.6 Å². The molecule has 1 aromatic heterocycles. The lowest BCUT2D eigenvalue weighted by molar-refractivity contribution is 0.0919. The molecule has 1 aliphatic rings. The maximum absolute atomic E-state index is 12.5. The van der Waals surface area contributed by atoms with Crippen molar-refractivity contribution in [2.24, 2.45) is 0 Å². The molecule has 0 spiro atoms. The van der Waals surface area contributed by atoms with Gasteiger partial charge in [-0.25, -0.2) is 13.4 Å². The van der Waals surface area contributed by atoms with Gasteiger partial charge in [0, 0.05) is 5.56 Å². The van der Waals surface area contributed by atoms with Gasteiger partial charge in [-0.3, -0.25) is 4.79 Å². The number of carbonyl (C=O) groups excluding carboxylic acids is 1. The zero-order valence-corrected chi connectivity index (χ0v) is 15.6. The number of nitrogens with one attached hydrogen (secondary N) is 1. The van der Waals surface area contributed by atoms with Crippen molar-refractivity contribution in [2.45, 2.75) is 32.7 Å². The van der Waals surface area contributed by atoms with Crippen LogP contribution in [0.5, 0.6) is 0 Å². The zero-order chi connectivity index (χ0) is 17.5. The number of aromatic nitrogens is 1. The van der Waals surface area contributed by atoms with Crippen molar-refractivity contribution in [3.05, 3.63) is 40.4 Å². The molecule has 1 amide bonds. The second-order valence-corrected chi connectivity index (χ2v) is 9.92. The number of rotatable bonds is 3. The molecular formula is C17H20N2O3S2. The van der Waals surface area contributed by atoms with E-state index in [4.69, 9.17) is 0 Å². The topological polar surface area (TPSA) is 76.1 Å². The Labute approximate surface area is 146 Å². The lowest BCUT2D eigenvalue weighted by Crippen LogP contribution is -2.46. The zero-order valence-electron chi connectivity index (χ0n) is 13.9. The van der Waals surface area contributed by atoms with Gasteiger partial charge in [0.1, 0.15) is 9.88 Å². The Kier molecular flexibility index (Phi) is 4.25. The summed E-state index contributed by atoms with van der Waals surface area (Å²) in [5, 5.41) is 3.66. The lowest BCUT2D eigenvalue weighted by atomic mass is 10.0. The SMILES string of the molecule is Cc1ccc(-c2ncc(C(=O)N[C@@]3(C)CCS(=O)(=O)C3)s2)c(C)c1. The molecule has 0 bridgehead atoms. The van der Waals surface area contributed by atoms with Crippen LogP contribution in [0.4, 0.5) is 0 Å². The molecule has 1 N–H and O–H groups in total. The fourth-order valence-electron chi connectivity index (χ4n) is 3.00. The Morgan fingerprint density at radius 2 is 2.08 bits per heavy atom. The second-order valence-electron chi connectivity index (χ2n) is 6.70. The van der Waals surface area contributed by atoms with E-state index >= 15 is 0 Å². The minimum absolute atomic E-state index is 0.00548. The van der Waals surface area contributed by atoms with E-state index in [2.05, 4.69) is 16.4 Å². The van der Waals surface area contributed by atoms with Gasteiger partial charge in [0.15, 0.2) is 9.84 Å². The van der Waals surface area contributed by atoms with Gasteiger partial charge in [0.25, 0.3) is 5.91 Å². The molecule has 5 nitrogen and oxygen atoms in total. The average Bonchev–Trinajstić information content (AvgIpc) is 3.04. The number of aryl methyl sites for hydroxylation is 2. The van der Waals surface area contributed by atoms with Crippen molar-refractivity contribution in [1.82, 2.24) is 10.3 Å². The highest BCUT2D eigenvalue weighted by Crippen LogP contribution is 2.29. The largest absolute Gasteiger partial charge is 0.345 e. The summed E-state index contributed by atoms with van der Waals surface area (Å²) in [6.45, 7) is 5.84. The summed E-state index contributed by atoms with van der Waals surface area (Å²) in [6, 6.07) is 6.12. The van der Waals surface area contributed by atoms with Crippen molar-refractivity contribution in [2.75, 3.05) is 11.5 Å². The van der Waals surface area contributed by atoms with Crippen molar-refractivity contribution in [1.29, 1.82) is 0 Å². The predicted molar refractivity (Wildman–Crippen MR) is 96.2 cm³/mol. The van der Waals surface area contributed by atoms with E-state index in [9.17, 15) is 13.2 Å². The summed E-state index contributed by atoms with van der Waals surface area (Å²) in [5.74, 6) is -0.141. The quantitative estimate of drug-likeness (QED) is 0.908. The molecule has 1 aliphatic heterocycles. The van der Waals surface area contributed by atoms with Crippen LogP contribution in [-0.4, -0.2) is 36.4 Å². The fourth-order valence-corrected chi connectivity index (χ4v) is 6.00. The molecule has 1 atom stereocenters. The van der Waals surface area contributed by atoms with Gasteiger partial charge in [-0.2, -0.15) is 0 Å². The molecule has 3 rings (SSSR count). The monoisotopic (exact) mass is 364 g/mol. The third-order valence-electron chi connectivity index (χ3n) is 4.26. The van der Waals surface area contributed by atoms with Crippen LogP contribution in [0.3, 0.4) is 0 Å². The van der Waals surface area contributed by atoms with Gasteiger partial charge < -0.3 is 5.32 Å². The maximum atomic E-state index is 12.5. The Morgan fingerprint density at radius 1 is 1.33 bits per heavy atom. The number of hydrogen-bond acceptors (Lipinski definition) is 5. The van der Waals surface area contributed by atoms with Crippen LogP contribution in [0.25, 0.3) is 10.6 Å². The number of hydrogen-bond donors (Lipinski definition) is 1. The van der Waals surface area contributed by atoms with Gasteiger partial charge in [0.2, 0.25) is 0 Å². The fraction of sp³-hybridized carbons (Fsp3) is 0.412. The first-order valence-electron chi connectivity index (χ1n) is 7.74. The number of nitrogens with zero attached hydrogens (tertiary/aromatic N) is 1. The van der Waals surface area contributed by atoms with Crippen LogP contribution >= 0.6 is 11.3 Å². The predicted octanol–water partition coefficient (Wildman–Crippen LogP) is 2.73. The second kappa shape index (κ2) is 5.97. The molecule has 1 aromatic carbocycles. The van der Waals surface area contributed by atoms with E-state index in [0.29, 0.717) is 11.3 Å². The Bertz CT molecular complexity index is 902. The Hall–Kier alpha value is -1.73. The first-order chi connectivity index (χ1) is 11.2. The highest BCUT2D eigenvalue weighted by atomic mass is 32.2. The number of amides is 1. The molecule has 0 unspecified atom stereocenters. The first kappa shape index (κ1) is 17.1. The minimum atomic E-state index is -3.06. The summed E-state index contributed by atoms with van der Waals surface area (Å²) in [4.78, 5) is 17.3. The Morgan fingerprint density at radius 3 is 2.71 bits per heavy atom. The third-order valence-corrected chi connectivity index (χ3v) is 7.19. The molecule has 128 valence electrons. The van der Waals surface area contributed by atoms with Gasteiger partial charge in [0.05, 0.1) is 23.2 Å². The van der Waals surface area contributed by atoms with Crippen LogP contribution in [0, 0.1) is 13.8 Å². The molecular weight excluding hydrogens is 344 g/mol. The van der Waals surface area contributed by atoms with Crippen molar-refractivity contribution >= 4 is 27.1 Å². The Balaban J connectivity index is 1.79. The van der Waals surface area contributed by atoms with E-state index in [1.165, 1.54) is 16.9 Å². The van der Waals surface area contributed by atoms with Crippen LogP contribution in [0.15, 0.2) is 24.4 Å².